The van der Waals surface area contributed by atoms with Gasteiger partial charge in [-0.2, -0.15) is 0 Å². The molecule has 0 aliphatic rings. The lowest BCUT2D eigenvalue weighted by Gasteiger charge is -2.16. The van der Waals surface area contributed by atoms with Gasteiger partial charge < -0.3 is 15.8 Å². The molecule has 0 aromatic heterocycles. The number of hydrogen-bond acceptors (Lipinski definition) is 3. The number of anilines is 1. The second-order valence-corrected chi connectivity index (χ2v) is 5.06. The van der Waals surface area contributed by atoms with E-state index in [9.17, 15) is 4.79 Å². The number of rotatable bonds is 7. The van der Waals surface area contributed by atoms with E-state index in [0.29, 0.717) is 12.3 Å². The van der Waals surface area contributed by atoms with Crippen LogP contribution in [0.3, 0.4) is 0 Å². The quantitative estimate of drug-likeness (QED) is 0.813. The number of hydrogen-bond donors (Lipinski definition) is 2. The number of amides is 1. The Hall–Kier alpha value is -2.04. The van der Waals surface area contributed by atoms with Gasteiger partial charge in [0.1, 0.15) is 5.75 Å². The molecular weight excluding hydrogens is 312 g/mol. The Labute approximate surface area is 143 Å². The van der Waals surface area contributed by atoms with Crippen molar-refractivity contribution in [3.63, 3.8) is 0 Å². The van der Waals surface area contributed by atoms with Gasteiger partial charge in [0.2, 0.25) is 5.91 Å². The fourth-order valence-electron chi connectivity index (χ4n) is 2.19. The van der Waals surface area contributed by atoms with Crippen LogP contribution in [0.1, 0.15) is 24.8 Å². The summed E-state index contributed by atoms with van der Waals surface area (Å²) in [7, 11) is 0. The molecule has 0 aliphatic heterocycles. The first-order chi connectivity index (χ1) is 10.7. The van der Waals surface area contributed by atoms with E-state index in [0.717, 1.165) is 17.7 Å². The molecular formula is C18H23ClN2O2. The zero-order valence-electron chi connectivity index (χ0n) is 13.2. The highest BCUT2D eigenvalue weighted by molar-refractivity contribution is 5.96. The summed E-state index contributed by atoms with van der Waals surface area (Å²) in [5.74, 6) is 0.284. The molecule has 0 heterocycles. The monoisotopic (exact) mass is 334 g/mol. The van der Waals surface area contributed by atoms with Crippen molar-refractivity contribution in [2.45, 2.75) is 19.3 Å². The molecule has 1 atom stereocenters. The molecule has 1 unspecified atom stereocenters. The van der Waals surface area contributed by atoms with Crippen molar-refractivity contribution in [2.24, 2.45) is 5.73 Å². The van der Waals surface area contributed by atoms with Gasteiger partial charge in [-0.3, -0.25) is 4.79 Å². The number of nitrogens with one attached hydrogen (secondary N) is 1. The summed E-state index contributed by atoms with van der Waals surface area (Å²) in [5, 5.41) is 2.91. The first kappa shape index (κ1) is 19.0. The Kier molecular flexibility index (Phi) is 8.16. The van der Waals surface area contributed by atoms with Crippen LogP contribution >= 0.6 is 12.4 Å². The minimum absolute atomic E-state index is 0. The molecule has 5 heteroatoms. The van der Waals surface area contributed by atoms with Crippen LogP contribution in [-0.2, 0) is 4.79 Å². The third-order valence-corrected chi connectivity index (χ3v) is 3.33. The number of benzene rings is 2. The number of nitrogens with two attached hydrogens (primary N) is 1. The molecule has 0 saturated carbocycles. The number of ether oxygens (including phenoxy) is 1. The van der Waals surface area contributed by atoms with Crippen molar-refractivity contribution in [1.29, 1.82) is 0 Å². The molecule has 3 N–H and O–H groups in total. The largest absolute Gasteiger partial charge is 0.494 e. The Morgan fingerprint density at radius 3 is 2.57 bits per heavy atom. The van der Waals surface area contributed by atoms with Crippen molar-refractivity contribution < 1.29 is 9.53 Å². The maximum atomic E-state index is 12.4. The van der Waals surface area contributed by atoms with Gasteiger partial charge in [-0.05, 0) is 24.1 Å². The third-order valence-electron chi connectivity index (χ3n) is 3.33. The Morgan fingerprint density at radius 2 is 1.91 bits per heavy atom. The zero-order chi connectivity index (χ0) is 15.8. The predicted molar refractivity (Wildman–Crippen MR) is 96.3 cm³/mol. The highest BCUT2D eigenvalue weighted by Crippen LogP contribution is 2.21. The van der Waals surface area contributed by atoms with E-state index in [1.165, 1.54) is 0 Å². The summed E-state index contributed by atoms with van der Waals surface area (Å²) >= 11 is 0. The van der Waals surface area contributed by atoms with Gasteiger partial charge in [0, 0.05) is 18.3 Å². The van der Waals surface area contributed by atoms with Crippen LogP contribution in [0.5, 0.6) is 5.75 Å². The average Bonchev–Trinajstić information content (AvgIpc) is 2.55. The third kappa shape index (κ3) is 5.58. The zero-order valence-corrected chi connectivity index (χ0v) is 14.0. The molecule has 2 aromatic rings. The molecule has 0 spiro atoms. The molecule has 0 fully saturated rings. The molecule has 0 aliphatic carbocycles. The summed E-state index contributed by atoms with van der Waals surface area (Å²) < 4.78 is 5.57. The Balaban J connectivity index is 0.00000264. The number of carbonyl (C=O) groups excluding carboxylic acids is 1. The smallest absolute Gasteiger partial charge is 0.233 e. The predicted octanol–water partition coefficient (Wildman–Crippen LogP) is 3.58. The second kappa shape index (κ2) is 9.87. The summed E-state index contributed by atoms with van der Waals surface area (Å²) in [4.78, 5) is 12.4. The van der Waals surface area contributed by atoms with Crippen LogP contribution in [0.15, 0.2) is 54.6 Å². The lowest BCUT2D eigenvalue weighted by Crippen LogP contribution is -2.27. The van der Waals surface area contributed by atoms with Crippen molar-refractivity contribution >= 4 is 24.0 Å². The van der Waals surface area contributed by atoms with Gasteiger partial charge in [-0.15, -0.1) is 12.4 Å². The van der Waals surface area contributed by atoms with Gasteiger partial charge in [-0.1, -0.05) is 43.3 Å². The highest BCUT2D eigenvalue weighted by atomic mass is 35.5. The molecule has 23 heavy (non-hydrogen) atoms. The van der Waals surface area contributed by atoms with Crippen LogP contribution in [0.2, 0.25) is 0 Å². The standard InChI is InChI=1S/C18H22N2O2.ClH/c1-2-11-22-16-10-6-9-15(12-16)20-18(21)17(13-19)14-7-4-3-5-8-14;/h3-10,12,17H,2,11,13,19H2,1H3,(H,20,21);1H. The van der Waals surface area contributed by atoms with Crippen LogP contribution in [-0.4, -0.2) is 19.1 Å². The Morgan fingerprint density at radius 1 is 1.17 bits per heavy atom. The van der Waals surface area contributed by atoms with Crippen LogP contribution < -0.4 is 15.8 Å². The topological polar surface area (TPSA) is 64.3 Å². The lowest BCUT2D eigenvalue weighted by molar-refractivity contribution is -0.117. The minimum atomic E-state index is -0.360. The van der Waals surface area contributed by atoms with Crippen molar-refractivity contribution in [3.8, 4) is 5.75 Å². The first-order valence-corrected chi connectivity index (χ1v) is 7.53. The second-order valence-electron chi connectivity index (χ2n) is 5.06. The molecule has 2 aromatic carbocycles. The molecule has 0 saturated heterocycles. The average molecular weight is 335 g/mol. The maximum absolute atomic E-state index is 12.4. The van der Waals surface area contributed by atoms with Gasteiger partial charge in [0.15, 0.2) is 0 Å². The first-order valence-electron chi connectivity index (χ1n) is 7.53. The van der Waals surface area contributed by atoms with Crippen LogP contribution in [0, 0.1) is 0 Å². The van der Waals surface area contributed by atoms with Crippen molar-refractivity contribution in [1.82, 2.24) is 0 Å². The van der Waals surface area contributed by atoms with Crippen LogP contribution in [0.4, 0.5) is 5.69 Å². The maximum Gasteiger partial charge on any atom is 0.233 e. The fourth-order valence-corrected chi connectivity index (χ4v) is 2.19. The van der Waals surface area contributed by atoms with E-state index in [2.05, 4.69) is 12.2 Å². The van der Waals surface area contributed by atoms with E-state index in [-0.39, 0.29) is 30.8 Å². The number of carbonyl (C=O) groups is 1. The fraction of sp³-hybridized carbons (Fsp3) is 0.278. The van der Waals surface area contributed by atoms with E-state index >= 15 is 0 Å². The van der Waals surface area contributed by atoms with E-state index < -0.39 is 0 Å². The molecule has 0 radical (unpaired) electrons. The van der Waals surface area contributed by atoms with E-state index in [1.54, 1.807) is 0 Å². The van der Waals surface area contributed by atoms with Gasteiger partial charge >= 0.3 is 0 Å². The summed E-state index contributed by atoms with van der Waals surface area (Å²) in [6, 6.07) is 17.0. The summed E-state index contributed by atoms with van der Waals surface area (Å²) in [6.07, 6.45) is 0.944. The molecule has 2 rings (SSSR count). The lowest BCUT2D eigenvalue weighted by atomic mass is 9.98. The number of halogens is 1. The molecule has 1 amide bonds. The Bertz CT molecular complexity index is 605. The van der Waals surface area contributed by atoms with E-state index in [4.69, 9.17) is 10.5 Å². The molecule has 4 nitrogen and oxygen atoms in total. The SMILES string of the molecule is CCCOc1cccc(NC(=O)C(CN)c2ccccc2)c1.Cl. The van der Waals surface area contributed by atoms with Gasteiger partial charge in [0.05, 0.1) is 12.5 Å². The van der Waals surface area contributed by atoms with Crippen LogP contribution in [0.25, 0.3) is 0 Å². The van der Waals surface area contributed by atoms with Crippen molar-refractivity contribution in [3.05, 3.63) is 60.2 Å². The summed E-state index contributed by atoms with van der Waals surface area (Å²) in [5.41, 5.74) is 7.40. The summed E-state index contributed by atoms with van der Waals surface area (Å²) in [6.45, 7) is 2.98. The van der Waals surface area contributed by atoms with Crippen molar-refractivity contribution in [2.75, 3.05) is 18.5 Å². The van der Waals surface area contributed by atoms with Gasteiger partial charge in [-0.25, -0.2) is 0 Å². The minimum Gasteiger partial charge on any atom is -0.494 e. The molecule has 0 bridgehead atoms. The highest BCUT2D eigenvalue weighted by Gasteiger charge is 2.18. The van der Waals surface area contributed by atoms with E-state index in [1.807, 2.05) is 54.6 Å². The van der Waals surface area contributed by atoms with Gasteiger partial charge in [0.25, 0.3) is 0 Å². The molecule has 124 valence electrons. The normalized spacial score (nSPS) is 11.2.